The molecule has 0 spiro atoms. The second-order valence-electron chi connectivity index (χ2n) is 5.50. The van der Waals surface area contributed by atoms with E-state index < -0.39 is 0 Å². The molecule has 1 amide bonds. The molecular formula is C18H24N2O4. The number of hydroxylamine groups is 2. The molecule has 1 unspecified atom stereocenters. The Morgan fingerprint density at radius 1 is 1.29 bits per heavy atom. The second kappa shape index (κ2) is 9.20. The first kappa shape index (κ1) is 18.2. The van der Waals surface area contributed by atoms with Gasteiger partial charge in [0.2, 0.25) is 0 Å². The van der Waals surface area contributed by atoms with E-state index in [9.17, 15) is 4.79 Å². The standard InChI is InChI=1S/C18H24N2O4/c1-4-9-14(5-2)17-12-16(24-19-17)13-23-20(22-3)18(21)15-10-7-6-8-11-15/h6-8,10-12,14H,4-5,9,13H2,1-3H3. The number of carbonyl (C=O) groups is 1. The largest absolute Gasteiger partial charge is 0.359 e. The van der Waals surface area contributed by atoms with Gasteiger partial charge >= 0.3 is 5.91 Å². The van der Waals surface area contributed by atoms with Crippen molar-refractivity contribution in [2.45, 2.75) is 45.6 Å². The maximum absolute atomic E-state index is 12.3. The molecule has 0 aliphatic carbocycles. The van der Waals surface area contributed by atoms with Crippen molar-refractivity contribution in [2.24, 2.45) is 0 Å². The van der Waals surface area contributed by atoms with E-state index in [1.807, 2.05) is 12.1 Å². The van der Waals surface area contributed by atoms with E-state index in [0.29, 0.717) is 17.2 Å². The molecule has 0 fully saturated rings. The van der Waals surface area contributed by atoms with Crippen molar-refractivity contribution in [1.82, 2.24) is 10.4 Å². The van der Waals surface area contributed by atoms with Gasteiger partial charge in [-0.15, -0.1) is 0 Å². The number of carbonyl (C=O) groups excluding carboxylic acids is 1. The van der Waals surface area contributed by atoms with E-state index in [-0.39, 0.29) is 12.5 Å². The highest BCUT2D eigenvalue weighted by Gasteiger charge is 2.19. The number of benzene rings is 1. The minimum absolute atomic E-state index is 0.0714. The lowest BCUT2D eigenvalue weighted by atomic mass is 9.97. The summed E-state index contributed by atoms with van der Waals surface area (Å²) < 4.78 is 5.31. The van der Waals surface area contributed by atoms with Crippen molar-refractivity contribution in [1.29, 1.82) is 0 Å². The lowest BCUT2D eigenvalue weighted by molar-refractivity contribution is -0.322. The Labute approximate surface area is 142 Å². The maximum Gasteiger partial charge on any atom is 0.303 e. The predicted molar refractivity (Wildman–Crippen MR) is 88.9 cm³/mol. The molecule has 24 heavy (non-hydrogen) atoms. The van der Waals surface area contributed by atoms with Crippen LogP contribution in [0.3, 0.4) is 0 Å². The van der Waals surface area contributed by atoms with Crippen LogP contribution in [0.15, 0.2) is 40.9 Å². The number of amides is 1. The monoisotopic (exact) mass is 332 g/mol. The van der Waals surface area contributed by atoms with Gasteiger partial charge in [0.25, 0.3) is 0 Å². The van der Waals surface area contributed by atoms with E-state index in [4.69, 9.17) is 14.2 Å². The van der Waals surface area contributed by atoms with Gasteiger partial charge in [0.1, 0.15) is 6.61 Å². The average molecular weight is 332 g/mol. The molecule has 6 heteroatoms. The molecule has 6 nitrogen and oxygen atoms in total. The van der Waals surface area contributed by atoms with E-state index in [0.717, 1.165) is 30.2 Å². The van der Waals surface area contributed by atoms with Crippen LogP contribution < -0.4 is 0 Å². The minimum Gasteiger partial charge on any atom is -0.359 e. The molecule has 0 saturated heterocycles. The molecule has 0 aliphatic rings. The van der Waals surface area contributed by atoms with Crippen molar-refractivity contribution < 1.29 is 19.0 Å². The van der Waals surface area contributed by atoms with Crippen LogP contribution in [0.2, 0.25) is 0 Å². The topological polar surface area (TPSA) is 64.8 Å². The Bertz CT molecular complexity index is 627. The van der Waals surface area contributed by atoms with Crippen LogP contribution in [-0.4, -0.2) is 23.4 Å². The fourth-order valence-electron chi connectivity index (χ4n) is 2.50. The normalized spacial score (nSPS) is 12.1. The van der Waals surface area contributed by atoms with Gasteiger partial charge < -0.3 is 4.52 Å². The van der Waals surface area contributed by atoms with Crippen LogP contribution in [0.4, 0.5) is 0 Å². The zero-order chi connectivity index (χ0) is 17.4. The highest BCUT2D eigenvalue weighted by atomic mass is 16.9. The molecule has 0 radical (unpaired) electrons. The van der Waals surface area contributed by atoms with E-state index in [1.165, 1.54) is 7.11 Å². The molecule has 0 N–H and O–H groups in total. The van der Waals surface area contributed by atoms with Gasteiger partial charge in [-0.05, 0) is 25.0 Å². The van der Waals surface area contributed by atoms with Crippen LogP contribution in [0.5, 0.6) is 0 Å². The third kappa shape index (κ3) is 4.66. The fraction of sp³-hybridized carbons (Fsp3) is 0.444. The molecule has 0 saturated carbocycles. The van der Waals surface area contributed by atoms with E-state index >= 15 is 0 Å². The minimum atomic E-state index is -0.379. The van der Waals surface area contributed by atoms with Gasteiger partial charge in [0, 0.05) is 17.5 Å². The molecule has 1 heterocycles. The van der Waals surface area contributed by atoms with Crippen LogP contribution >= 0.6 is 0 Å². The van der Waals surface area contributed by atoms with Crippen molar-refractivity contribution in [3.63, 3.8) is 0 Å². The van der Waals surface area contributed by atoms with Gasteiger partial charge in [0.15, 0.2) is 5.76 Å². The molecular weight excluding hydrogens is 308 g/mol. The zero-order valence-corrected chi connectivity index (χ0v) is 14.4. The molecule has 0 aliphatic heterocycles. The quantitative estimate of drug-likeness (QED) is 0.647. The third-order valence-corrected chi connectivity index (χ3v) is 3.80. The summed E-state index contributed by atoms with van der Waals surface area (Å²) in [5.41, 5.74) is 1.41. The zero-order valence-electron chi connectivity index (χ0n) is 14.4. The Balaban J connectivity index is 1.96. The summed E-state index contributed by atoms with van der Waals surface area (Å²) in [6.07, 6.45) is 3.18. The number of rotatable bonds is 9. The number of nitrogens with zero attached hydrogens (tertiary/aromatic N) is 2. The molecule has 0 bridgehead atoms. The van der Waals surface area contributed by atoms with Crippen LogP contribution in [-0.2, 0) is 16.3 Å². The highest BCUT2D eigenvalue weighted by molar-refractivity contribution is 5.92. The van der Waals surface area contributed by atoms with Gasteiger partial charge in [-0.1, -0.05) is 48.9 Å². The second-order valence-corrected chi connectivity index (χ2v) is 5.50. The van der Waals surface area contributed by atoms with Gasteiger partial charge in [-0.2, -0.15) is 0 Å². The summed E-state index contributed by atoms with van der Waals surface area (Å²) in [6, 6.07) is 10.7. The van der Waals surface area contributed by atoms with Crippen molar-refractivity contribution in [2.75, 3.05) is 7.11 Å². The maximum atomic E-state index is 12.3. The average Bonchev–Trinajstić information content (AvgIpc) is 3.09. The first-order valence-corrected chi connectivity index (χ1v) is 8.21. The van der Waals surface area contributed by atoms with Crippen molar-refractivity contribution >= 4 is 5.91 Å². The summed E-state index contributed by atoms with van der Waals surface area (Å²) in [6.45, 7) is 4.36. The molecule has 1 aromatic carbocycles. The smallest absolute Gasteiger partial charge is 0.303 e. The molecule has 2 rings (SSSR count). The van der Waals surface area contributed by atoms with Crippen molar-refractivity contribution in [3.8, 4) is 0 Å². The van der Waals surface area contributed by atoms with Gasteiger partial charge in [-0.3, -0.25) is 4.79 Å². The van der Waals surface area contributed by atoms with Crippen LogP contribution in [0.25, 0.3) is 0 Å². The molecule has 130 valence electrons. The SMILES string of the molecule is CCCC(CC)c1cc(CON(OC)C(=O)c2ccccc2)on1. The first-order chi connectivity index (χ1) is 11.7. The Hall–Kier alpha value is -2.18. The van der Waals surface area contributed by atoms with Crippen LogP contribution in [0.1, 0.15) is 60.8 Å². The summed E-state index contributed by atoms with van der Waals surface area (Å²) in [5.74, 6) is 0.565. The number of hydrogen-bond acceptors (Lipinski definition) is 5. The highest BCUT2D eigenvalue weighted by Crippen LogP contribution is 2.24. The number of aromatic nitrogens is 1. The lowest BCUT2D eigenvalue weighted by Crippen LogP contribution is -2.30. The summed E-state index contributed by atoms with van der Waals surface area (Å²) in [7, 11) is 1.38. The molecule has 2 aromatic rings. The Morgan fingerprint density at radius 3 is 2.67 bits per heavy atom. The molecule has 1 aromatic heterocycles. The number of hydrogen-bond donors (Lipinski definition) is 0. The predicted octanol–water partition coefficient (Wildman–Crippen LogP) is 4.10. The lowest BCUT2D eigenvalue weighted by Gasteiger charge is -2.17. The van der Waals surface area contributed by atoms with E-state index in [1.54, 1.807) is 24.3 Å². The Morgan fingerprint density at radius 2 is 2.04 bits per heavy atom. The third-order valence-electron chi connectivity index (χ3n) is 3.80. The Kier molecular flexibility index (Phi) is 6.96. The summed E-state index contributed by atoms with van der Waals surface area (Å²) in [5, 5.41) is 4.96. The molecule has 1 atom stereocenters. The van der Waals surface area contributed by atoms with E-state index in [2.05, 4.69) is 19.0 Å². The first-order valence-electron chi connectivity index (χ1n) is 8.21. The van der Waals surface area contributed by atoms with Crippen LogP contribution in [0, 0.1) is 0 Å². The van der Waals surface area contributed by atoms with Gasteiger partial charge in [0.05, 0.1) is 12.8 Å². The fourth-order valence-corrected chi connectivity index (χ4v) is 2.50. The van der Waals surface area contributed by atoms with Gasteiger partial charge in [-0.25, -0.2) is 9.68 Å². The summed E-state index contributed by atoms with van der Waals surface area (Å²) in [4.78, 5) is 22.7. The van der Waals surface area contributed by atoms with Crippen molar-refractivity contribution in [3.05, 3.63) is 53.4 Å². The summed E-state index contributed by atoms with van der Waals surface area (Å²) >= 11 is 0.